The first-order valence-electron chi connectivity index (χ1n) is 8.72. The molecule has 5 heteroatoms. The molecule has 136 valence electrons. The van der Waals surface area contributed by atoms with Crippen LogP contribution in [-0.2, 0) is 16.0 Å². The van der Waals surface area contributed by atoms with Crippen molar-refractivity contribution < 1.29 is 19.1 Å². The van der Waals surface area contributed by atoms with Gasteiger partial charge in [0.2, 0.25) is 5.91 Å². The lowest BCUT2D eigenvalue weighted by atomic mass is 10.0. The van der Waals surface area contributed by atoms with Gasteiger partial charge in [0.15, 0.2) is 5.78 Å². The number of anilines is 1. The van der Waals surface area contributed by atoms with Crippen molar-refractivity contribution in [3.8, 4) is 0 Å². The van der Waals surface area contributed by atoms with E-state index in [-0.39, 0.29) is 24.5 Å². The second kappa shape index (κ2) is 9.51. The van der Waals surface area contributed by atoms with E-state index in [9.17, 15) is 14.4 Å². The highest BCUT2D eigenvalue weighted by molar-refractivity contribution is 6.00. The summed E-state index contributed by atoms with van der Waals surface area (Å²) in [5.41, 5.74) is 2.79. The standard InChI is InChI=1S/C21H23NO4/c1-3-15-5-7-16(8-6-15)19(23)13-14-20(24)22-18-11-9-17(10-12-18)21(25)26-4-2/h5-12H,3-4,13-14H2,1-2H3,(H,22,24). The molecule has 1 N–H and O–H groups in total. The van der Waals surface area contributed by atoms with Gasteiger partial charge in [0, 0.05) is 24.1 Å². The lowest BCUT2D eigenvalue weighted by Crippen LogP contribution is -2.13. The quantitative estimate of drug-likeness (QED) is 0.574. The van der Waals surface area contributed by atoms with E-state index in [2.05, 4.69) is 12.2 Å². The fourth-order valence-corrected chi connectivity index (χ4v) is 2.43. The Kier molecular flexibility index (Phi) is 7.09. The van der Waals surface area contributed by atoms with Gasteiger partial charge in [-0.1, -0.05) is 31.2 Å². The Bertz CT molecular complexity index is 764. The van der Waals surface area contributed by atoms with Crippen LogP contribution in [0.1, 0.15) is 53.0 Å². The molecule has 2 aromatic carbocycles. The zero-order valence-corrected chi connectivity index (χ0v) is 15.1. The maximum absolute atomic E-state index is 12.2. The summed E-state index contributed by atoms with van der Waals surface area (Å²) in [6.45, 7) is 4.11. The van der Waals surface area contributed by atoms with Crippen LogP contribution in [0, 0.1) is 0 Å². The molecule has 0 spiro atoms. The van der Waals surface area contributed by atoms with Gasteiger partial charge in [-0.2, -0.15) is 0 Å². The SMILES string of the molecule is CCOC(=O)c1ccc(NC(=O)CCC(=O)c2ccc(CC)cc2)cc1. The number of aryl methyl sites for hydroxylation is 1. The molecule has 0 aliphatic heterocycles. The van der Waals surface area contributed by atoms with Gasteiger partial charge in [0.25, 0.3) is 0 Å². The van der Waals surface area contributed by atoms with Crippen LogP contribution in [0.4, 0.5) is 5.69 Å². The van der Waals surface area contributed by atoms with Crippen molar-refractivity contribution in [1.29, 1.82) is 0 Å². The molecule has 0 radical (unpaired) electrons. The molecule has 0 aliphatic carbocycles. The van der Waals surface area contributed by atoms with Crippen LogP contribution in [-0.4, -0.2) is 24.3 Å². The molecular weight excluding hydrogens is 330 g/mol. The Morgan fingerprint density at radius 1 is 0.846 bits per heavy atom. The number of hydrogen-bond acceptors (Lipinski definition) is 4. The number of carbonyl (C=O) groups is 3. The minimum atomic E-state index is -0.398. The second-order valence-corrected chi connectivity index (χ2v) is 5.82. The number of hydrogen-bond donors (Lipinski definition) is 1. The third-order valence-corrected chi connectivity index (χ3v) is 3.94. The van der Waals surface area contributed by atoms with Gasteiger partial charge in [-0.15, -0.1) is 0 Å². The Morgan fingerprint density at radius 3 is 2.04 bits per heavy atom. The van der Waals surface area contributed by atoms with Crippen LogP contribution >= 0.6 is 0 Å². The molecule has 0 bridgehead atoms. The number of nitrogens with one attached hydrogen (secondary N) is 1. The van der Waals surface area contributed by atoms with Crippen molar-refractivity contribution in [3.63, 3.8) is 0 Å². The number of benzene rings is 2. The summed E-state index contributed by atoms with van der Waals surface area (Å²) >= 11 is 0. The van der Waals surface area contributed by atoms with Gasteiger partial charge < -0.3 is 10.1 Å². The van der Waals surface area contributed by atoms with Crippen molar-refractivity contribution in [1.82, 2.24) is 0 Å². The zero-order valence-electron chi connectivity index (χ0n) is 15.1. The van der Waals surface area contributed by atoms with Gasteiger partial charge in [-0.3, -0.25) is 9.59 Å². The number of Topliss-reactive ketones (excluding diaryl/α,β-unsaturated/α-hetero) is 1. The molecule has 0 aliphatic rings. The first kappa shape index (κ1) is 19.4. The molecule has 26 heavy (non-hydrogen) atoms. The molecule has 5 nitrogen and oxygen atoms in total. The predicted molar refractivity (Wildman–Crippen MR) is 100 cm³/mol. The summed E-state index contributed by atoms with van der Waals surface area (Å²) < 4.78 is 4.91. The number of ether oxygens (including phenoxy) is 1. The summed E-state index contributed by atoms with van der Waals surface area (Å²) in [6.07, 6.45) is 1.18. The van der Waals surface area contributed by atoms with Gasteiger partial charge in [-0.25, -0.2) is 4.79 Å². The average Bonchev–Trinajstić information content (AvgIpc) is 2.67. The third kappa shape index (κ3) is 5.55. The van der Waals surface area contributed by atoms with E-state index >= 15 is 0 Å². The maximum atomic E-state index is 12.2. The molecule has 0 atom stereocenters. The monoisotopic (exact) mass is 353 g/mol. The highest BCUT2D eigenvalue weighted by atomic mass is 16.5. The van der Waals surface area contributed by atoms with E-state index in [0.717, 1.165) is 6.42 Å². The predicted octanol–water partition coefficient (Wildman–Crippen LogP) is 4.03. The fraction of sp³-hybridized carbons (Fsp3) is 0.286. The van der Waals surface area contributed by atoms with Crippen molar-refractivity contribution in [2.75, 3.05) is 11.9 Å². The lowest BCUT2D eigenvalue weighted by molar-refractivity contribution is -0.116. The van der Waals surface area contributed by atoms with Crippen LogP contribution in [0.25, 0.3) is 0 Å². The highest BCUT2D eigenvalue weighted by Crippen LogP contribution is 2.13. The van der Waals surface area contributed by atoms with Gasteiger partial charge in [0.05, 0.1) is 12.2 Å². The molecule has 0 fully saturated rings. The number of carbonyl (C=O) groups excluding carboxylic acids is 3. The molecule has 0 saturated heterocycles. The van der Waals surface area contributed by atoms with Crippen LogP contribution in [0.3, 0.4) is 0 Å². The topological polar surface area (TPSA) is 72.5 Å². The van der Waals surface area contributed by atoms with Gasteiger partial charge in [0.1, 0.15) is 0 Å². The summed E-state index contributed by atoms with van der Waals surface area (Å²) in [7, 11) is 0. The molecule has 1 amide bonds. The number of rotatable bonds is 8. The lowest BCUT2D eigenvalue weighted by Gasteiger charge is -2.07. The van der Waals surface area contributed by atoms with Crippen LogP contribution < -0.4 is 5.32 Å². The summed E-state index contributed by atoms with van der Waals surface area (Å²) in [5.74, 6) is -0.696. The largest absolute Gasteiger partial charge is 0.462 e. The summed E-state index contributed by atoms with van der Waals surface area (Å²) in [5, 5.41) is 2.72. The normalized spacial score (nSPS) is 10.2. The fourth-order valence-electron chi connectivity index (χ4n) is 2.43. The Hall–Kier alpha value is -2.95. The van der Waals surface area contributed by atoms with E-state index in [1.54, 1.807) is 43.3 Å². The Balaban J connectivity index is 1.84. The Morgan fingerprint density at radius 2 is 1.46 bits per heavy atom. The van der Waals surface area contributed by atoms with E-state index < -0.39 is 5.97 Å². The summed E-state index contributed by atoms with van der Waals surface area (Å²) in [6, 6.07) is 13.9. The second-order valence-electron chi connectivity index (χ2n) is 5.82. The Labute approximate surface area is 153 Å². The van der Waals surface area contributed by atoms with Gasteiger partial charge >= 0.3 is 5.97 Å². The minimum absolute atomic E-state index is 0.0551. The average molecular weight is 353 g/mol. The van der Waals surface area contributed by atoms with Crippen molar-refractivity contribution in [2.24, 2.45) is 0 Å². The van der Waals surface area contributed by atoms with Crippen molar-refractivity contribution in [2.45, 2.75) is 33.1 Å². The van der Waals surface area contributed by atoms with Crippen LogP contribution in [0.2, 0.25) is 0 Å². The molecule has 2 rings (SSSR count). The smallest absolute Gasteiger partial charge is 0.338 e. The van der Waals surface area contributed by atoms with E-state index in [0.29, 0.717) is 23.4 Å². The number of amides is 1. The number of esters is 1. The van der Waals surface area contributed by atoms with Gasteiger partial charge in [-0.05, 0) is 43.2 Å². The van der Waals surface area contributed by atoms with Crippen molar-refractivity contribution in [3.05, 3.63) is 65.2 Å². The molecule has 0 saturated carbocycles. The first-order valence-corrected chi connectivity index (χ1v) is 8.72. The van der Waals surface area contributed by atoms with E-state index in [4.69, 9.17) is 4.74 Å². The molecule has 0 aromatic heterocycles. The third-order valence-electron chi connectivity index (χ3n) is 3.94. The molecular formula is C21H23NO4. The zero-order chi connectivity index (χ0) is 18.9. The van der Waals surface area contributed by atoms with Crippen LogP contribution in [0.15, 0.2) is 48.5 Å². The van der Waals surface area contributed by atoms with E-state index in [1.807, 2.05) is 12.1 Å². The highest BCUT2D eigenvalue weighted by Gasteiger charge is 2.10. The number of ketones is 1. The van der Waals surface area contributed by atoms with Crippen LogP contribution in [0.5, 0.6) is 0 Å². The van der Waals surface area contributed by atoms with E-state index in [1.165, 1.54) is 5.56 Å². The first-order chi connectivity index (χ1) is 12.5. The molecule has 0 heterocycles. The summed E-state index contributed by atoms with van der Waals surface area (Å²) in [4.78, 5) is 35.7. The maximum Gasteiger partial charge on any atom is 0.338 e. The molecule has 2 aromatic rings. The van der Waals surface area contributed by atoms with Crippen molar-refractivity contribution >= 4 is 23.3 Å². The molecule has 0 unspecified atom stereocenters. The minimum Gasteiger partial charge on any atom is -0.462 e.